The van der Waals surface area contributed by atoms with Crippen LogP contribution in [0.5, 0.6) is 0 Å². The molecular weight excluding hydrogens is 347 g/mol. The Morgan fingerprint density at radius 1 is 1.00 bits per heavy atom. The van der Waals surface area contributed by atoms with E-state index in [9.17, 15) is 4.79 Å². The largest absolute Gasteiger partial charge is 2.00 e. The van der Waals surface area contributed by atoms with Crippen molar-refractivity contribution in [3.05, 3.63) is 61.2 Å². The Kier molecular flexibility index (Phi) is 9.25. The molecule has 2 aliphatic carbocycles. The topological polar surface area (TPSA) is 37.3 Å². The van der Waals surface area contributed by atoms with Crippen molar-refractivity contribution in [2.45, 2.75) is 0 Å². The standard InChI is InChI=1S/C6H4IO2.C5H5.Fe/c7-5-3-1-2-4(5)6(8)9;1-2-4-5-3-1;/h1-3H,(H,8,9);1-5H;/q;;+2. The zero-order chi connectivity index (χ0) is 10.4. The third kappa shape index (κ3) is 6.12. The maximum absolute atomic E-state index is 10.3. The van der Waals surface area contributed by atoms with Crippen molar-refractivity contribution in [1.29, 1.82) is 0 Å². The predicted octanol–water partition coefficient (Wildman–Crippen LogP) is 2.26. The van der Waals surface area contributed by atoms with Gasteiger partial charge in [0.15, 0.2) is 0 Å². The van der Waals surface area contributed by atoms with E-state index in [4.69, 9.17) is 5.11 Å². The normalized spacial score (nSPS) is 21.7. The molecule has 2 saturated carbocycles. The zero-order valence-electron chi connectivity index (χ0n) is 7.71. The molecular formula is C11H9FeIO2+2. The SMILES string of the molecule is O=C(O)[C]1[CH][CH][CH][C]1I.[CH]1[CH][CH][CH][CH]1.[Fe+2]. The summed E-state index contributed by atoms with van der Waals surface area (Å²) >= 11 is 1.99. The molecule has 0 aliphatic heterocycles. The average molecular weight is 356 g/mol. The first-order chi connectivity index (χ1) is 6.72. The van der Waals surface area contributed by atoms with E-state index in [-0.39, 0.29) is 17.1 Å². The van der Waals surface area contributed by atoms with Crippen LogP contribution < -0.4 is 0 Å². The molecule has 0 heterocycles. The first-order valence-corrected chi connectivity index (χ1v) is 5.11. The second-order valence-corrected chi connectivity index (χ2v) is 3.72. The Labute approximate surface area is 116 Å². The summed E-state index contributed by atoms with van der Waals surface area (Å²) in [5.41, 5.74) is 0. The van der Waals surface area contributed by atoms with Gasteiger partial charge >= 0.3 is 23.0 Å². The van der Waals surface area contributed by atoms with Gasteiger partial charge in [-0.15, -0.1) is 0 Å². The summed E-state index contributed by atoms with van der Waals surface area (Å²) < 4.78 is 0.792. The summed E-state index contributed by atoms with van der Waals surface area (Å²) in [6, 6.07) is 0. The van der Waals surface area contributed by atoms with E-state index in [1.54, 1.807) is 19.3 Å². The molecule has 0 aromatic heterocycles. The Morgan fingerprint density at radius 2 is 1.47 bits per heavy atom. The van der Waals surface area contributed by atoms with E-state index in [0.29, 0.717) is 5.92 Å². The van der Waals surface area contributed by atoms with Crippen molar-refractivity contribution < 1.29 is 27.0 Å². The van der Waals surface area contributed by atoms with Gasteiger partial charge in [0.1, 0.15) is 5.92 Å². The average Bonchev–Trinajstić information content (AvgIpc) is 2.74. The van der Waals surface area contributed by atoms with Crippen LogP contribution in [0.1, 0.15) is 0 Å². The van der Waals surface area contributed by atoms with Crippen LogP contribution in [0, 0.1) is 61.2 Å². The third-order valence-electron chi connectivity index (χ3n) is 1.55. The van der Waals surface area contributed by atoms with Gasteiger partial charge in [0, 0.05) is 0 Å². The van der Waals surface area contributed by atoms with E-state index >= 15 is 0 Å². The van der Waals surface area contributed by atoms with E-state index in [1.807, 2.05) is 54.7 Å². The monoisotopic (exact) mass is 356 g/mol. The van der Waals surface area contributed by atoms with Crippen LogP contribution in [0.25, 0.3) is 0 Å². The van der Waals surface area contributed by atoms with Crippen molar-refractivity contribution in [2.24, 2.45) is 0 Å². The van der Waals surface area contributed by atoms with Gasteiger partial charge in [0.25, 0.3) is 0 Å². The van der Waals surface area contributed by atoms with Gasteiger partial charge in [-0.1, -0.05) is 22.6 Å². The Hall–Kier alpha value is 0.719. The minimum atomic E-state index is -0.857. The summed E-state index contributed by atoms with van der Waals surface area (Å²) in [5, 5.41) is 8.45. The molecule has 0 unspecified atom stereocenters. The summed E-state index contributed by atoms with van der Waals surface area (Å²) in [6.45, 7) is 0. The molecule has 10 radical (unpaired) electrons. The van der Waals surface area contributed by atoms with E-state index in [0.717, 1.165) is 3.92 Å². The van der Waals surface area contributed by atoms with Crippen LogP contribution in [0.3, 0.4) is 0 Å². The Balaban J connectivity index is 0.000000280. The van der Waals surface area contributed by atoms with Gasteiger partial charge in [0.2, 0.25) is 0 Å². The number of carboxylic acid groups (broad SMARTS) is 1. The van der Waals surface area contributed by atoms with Crippen LogP contribution >= 0.6 is 22.6 Å². The van der Waals surface area contributed by atoms with Gasteiger partial charge < -0.3 is 5.11 Å². The minimum absolute atomic E-state index is 0. The molecule has 2 rings (SSSR count). The van der Waals surface area contributed by atoms with Crippen LogP contribution in [-0.2, 0) is 21.9 Å². The third-order valence-corrected chi connectivity index (χ3v) is 2.49. The molecule has 0 aromatic rings. The van der Waals surface area contributed by atoms with Gasteiger partial charge in [-0.25, -0.2) is 0 Å². The number of hydrogen-bond acceptors (Lipinski definition) is 1. The number of halogens is 1. The van der Waals surface area contributed by atoms with Crippen molar-refractivity contribution in [3.63, 3.8) is 0 Å². The van der Waals surface area contributed by atoms with E-state index < -0.39 is 5.97 Å². The smallest absolute Gasteiger partial charge is 0.481 e. The van der Waals surface area contributed by atoms with Gasteiger partial charge in [-0.3, -0.25) is 4.79 Å². The second-order valence-electron chi connectivity index (χ2n) is 2.55. The molecule has 15 heavy (non-hydrogen) atoms. The number of hydrogen-bond donors (Lipinski definition) is 1. The molecule has 4 heteroatoms. The van der Waals surface area contributed by atoms with Gasteiger partial charge in [0.05, 0.1) is 3.92 Å². The molecule has 78 valence electrons. The summed E-state index contributed by atoms with van der Waals surface area (Å²) in [5.74, 6) is -0.472. The first kappa shape index (κ1) is 15.7. The predicted molar refractivity (Wildman–Crippen MR) is 62.5 cm³/mol. The van der Waals surface area contributed by atoms with Crippen molar-refractivity contribution >= 4 is 28.6 Å². The Morgan fingerprint density at radius 3 is 1.67 bits per heavy atom. The van der Waals surface area contributed by atoms with Crippen LogP contribution in [-0.4, -0.2) is 11.1 Å². The minimum Gasteiger partial charge on any atom is -0.481 e. The van der Waals surface area contributed by atoms with Crippen LogP contribution in [0.4, 0.5) is 0 Å². The Bertz CT molecular complexity index is 176. The first-order valence-electron chi connectivity index (χ1n) is 4.03. The quantitative estimate of drug-likeness (QED) is 0.578. The van der Waals surface area contributed by atoms with Crippen molar-refractivity contribution in [3.8, 4) is 0 Å². The fourth-order valence-electron chi connectivity index (χ4n) is 0.892. The molecule has 0 spiro atoms. The molecule has 0 aromatic carbocycles. The molecule has 2 fully saturated rings. The number of rotatable bonds is 1. The fraction of sp³-hybridized carbons (Fsp3) is 0. The zero-order valence-corrected chi connectivity index (χ0v) is 11.0. The summed E-state index contributed by atoms with van der Waals surface area (Å²) in [7, 11) is 0. The molecule has 2 aliphatic rings. The summed E-state index contributed by atoms with van der Waals surface area (Å²) in [4.78, 5) is 10.3. The fourth-order valence-corrected chi connectivity index (χ4v) is 1.51. The molecule has 0 saturated heterocycles. The maximum atomic E-state index is 10.3. The van der Waals surface area contributed by atoms with E-state index in [2.05, 4.69) is 0 Å². The molecule has 0 amide bonds. The van der Waals surface area contributed by atoms with Crippen molar-refractivity contribution in [2.75, 3.05) is 0 Å². The number of carbonyl (C=O) groups is 1. The maximum Gasteiger partial charge on any atom is 2.00 e. The number of aliphatic carboxylic acids is 1. The second kappa shape index (κ2) is 8.82. The van der Waals surface area contributed by atoms with Gasteiger partial charge in [-0.2, -0.15) is 0 Å². The molecule has 2 nitrogen and oxygen atoms in total. The van der Waals surface area contributed by atoms with Crippen LogP contribution in [0.2, 0.25) is 0 Å². The molecule has 0 atom stereocenters. The molecule has 0 bridgehead atoms. The van der Waals surface area contributed by atoms with E-state index in [1.165, 1.54) is 0 Å². The van der Waals surface area contributed by atoms with Crippen molar-refractivity contribution in [1.82, 2.24) is 0 Å². The number of carboxylic acids is 1. The van der Waals surface area contributed by atoms with Gasteiger partial charge in [-0.05, 0) is 51.4 Å². The summed E-state index contributed by atoms with van der Waals surface area (Å²) in [6.07, 6.45) is 15.1. The van der Waals surface area contributed by atoms with Crippen LogP contribution in [0.15, 0.2) is 0 Å². The molecule has 1 N–H and O–H groups in total.